The number of benzene rings is 1. The molecule has 1 fully saturated rings. The van der Waals surface area contributed by atoms with Crippen molar-refractivity contribution in [1.29, 1.82) is 0 Å². The number of aromatic amines is 1. The number of likely N-dealkylation sites (tertiary alicyclic amines) is 1. The van der Waals surface area contributed by atoms with Gasteiger partial charge in [0.2, 0.25) is 5.82 Å². The first-order chi connectivity index (χ1) is 15.1. The largest absolute Gasteiger partial charge is 0.496 e. The van der Waals surface area contributed by atoms with Crippen LogP contribution in [0.15, 0.2) is 36.9 Å². The Balaban J connectivity index is 1.41. The van der Waals surface area contributed by atoms with Crippen LogP contribution in [0.25, 0.3) is 5.95 Å². The molecular weight excluding hydrogens is 400 g/mol. The highest BCUT2D eigenvalue weighted by Gasteiger charge is 2.33. The van der Waals surface area contributed by atoms with Crippen molar-refractivity contribution in [2.45, 2.75) is 25.8 Å². The van der Waals surface area contributed by atoms with E-state index in [4.69, 9.17) is 4.74 Å². The van der Waals surface area contributed by atoms with Crippen LogP contribution >= 0.6 is 0 Å². The van der Waals surface area contributed by atoms with Gasteiger partial charge in [0, 0.05) is 19.1 Å². The number of nitrogens with zero attached hydrogens (tertiary/aromatic N) is 6. The molecule has 11 heteroatoms. The van der Waals surface area contributed by atoms with Crippen molar-refractivity contribution in [3.05, 3.63) is 48.3 Å². The molecule has 1 saturated heterocycles. The Hall–Kier alpha value is -3.76. The fourth-order valence-corrected chi connectivity index (χ4v) is 3.82. The van der Waals surface area contributed by atoms with E-state index < -0.39 is 0 Å². The molecule has 2 aromatic heterocycles. The van der Waals surface area contributed by atoms with Gasteiger partial charge < -0.3 is 15.0 Å². The summed E-state index contributed by atoms with van der Waals surface area (Å²) < 4.78 is 6.81. The molecule has 11 nitrogen and oxygen atoms in total. The van der Waals surface area contributed by atoms with E-state index in [0.717, 1.165) is 6.42 Å². The molecule has 2 atom stereocenters. The van der Waals surface area contributed by atoms with Crippen LogP contribution in [-0.4, -0.2) is 72.9 Å². The maximum absolute atomic E-state index is 12.9. The molecule has 3 aromatic rings. The van der Waals surface area contributed by atoms with Gasteiger partial charge in [0.25, 0.3) is 17.8 Å². The summed E-state index contributed by atoms with van der Waals surface area (Å²) in [6.45, 7) is 3.09. The van der Waals surface area contributed by atoms with Crippen LogP contribution in [-0.2, 0) is 0 Å². The Morgan fingerprint density at radius 1 is 1.26 bits per heavy atom. The van der Waals surface area contributed by atoms with Crippen molar-refractivity contribution < 1.29 is 14.3 Å². The fourth-order valence-electron chi connectivity index (χ4n) is 3.82. The molecule has 0 unspecified atom stereocenters. The van der Waals surface area contributed by atoms with E-state index in [1.165, 1.54) is 17.2 Å². The van der Waals surface area contributed by atoms with Crippen LogP contribution in [0.4, 0.5) is 0 Å². The smallest absolute Gasteiger partial charge is 0.291 e. The molecule has 31 heavy (non-hydrogen) atoms. The number of ether oxygens (including phenoxy) is 1. The van der Waals surface area contributed by atoms with Crippen molar-refractivity contribution in [2.75, 3.05) is 20.2 Å². The maximum atomic E-state index is 12.9. The van der Waals surface area contributed by atoms with E-state index >= 15 is 0 Å². The maximum Gasteiger partial charge on any atom is 0.291 e. The Bertz CT molecular complexity index is 1050. The van der Waals surface area contributed by atoms with Crippen LogP contribution in [0.3, 0.4) is 0 Å². The number of rotatable bonds is 6. The average molecular weight is 424 g/mol. The number of hydrogen-bond donors (Lipinski definition) is 2. The predicted octanol–water partition coefficient (Wildman–Crippen LogP) is 1.06. The Kier molecular flexibility index (Phi) is 5.92. The second kappa shape index (κ2) is 8.94. The van der Waals surface area contributed by atoms with Crippen molar-refractivity contribution in [1.82, 2.24) is 40.2 Å². The summed E-state index contributed by atoms with van der Waals surface area (Å²) >= 11 is 0. The van der Waals surface area contributed by atoms with E-state index in [-0.39, 0.29) is 29.6 Å². The minimum Gasteiger partial charge on any atom is -0.496 e. The molecular formula is C20H24N8O3. The molecule has 1 aliphatic rings. The second-order valence-electron chi connectivity index (χ2n) is 7.34. The highest BCUT2D eigenvalue weighted by molar-refractivity contribution is 5.97. The Labute approximate surface area is 178 Å². The SMILES string of the molecule is CC[C@@H]1CN(C(=O)c2nc(-n3cnnc3)n[nH]2)CC[C@@H]1NC(=O)c1ccccc1OC. The Morgan fingerprint density at radius 3 is 2.77 bits per heavy atom. The first-order valence-electron chi connectivity index (χ1n) is 10.1. The summed E-state index contributed by atoms with van der Waals surface area (Å²) in [5, 5.41) is 17.3. The number of aromatic nitrogens is 6. The summed E-state index contributed by atoms with van der Waals surface area (Å²) in [7, 11) is 1.54. The van der Waals surface area contributed by atoms with E-state index in [9.17, 15) is 9.59 Å². The molecule has 0 radical (unpaired) electrons. The quantitative estimate of drug-likeness (QED) is 0.605. The van der Waals surface area contributed by atoms with Crippen LogP contribution < -0.4 is 10.1 Å². The van der Waals surface area contributed by atoms with Gasteiger partial charge in [-0.15, -0.1) is 15.3 Å². The summed E-state index contributed by atoms with van der Waals surface area (Å²) in [6, 6.07) is 7.10. The first kappa shape index (κ1) is 20.5. The van der Waals surface area contributed by atoms with Crippen molar-refractivity contribution >= 4 is 11.8 Å². The summed E-state index contributed by atoms with van der Waals surface area (Å²) in [4.78, 5) is 31.7. The van der Waals surface area contributed by atoms with Crippen molar-refractivity contribution in [3.63, 3.8) is 0 Å². The standard InChI is InChI=1S/C20H24N8O3/c1-3-13-10-27(19(30)17-24-20(26-25-17)28-11-21-22-12-28)9-8-15(13)23-18(29)14-6-4-5-7-16(14)31-2/h4-7,11-13,15H,3,8-10H2,1-2H3,(H,23,29)(H,24,25,26)/t13-,15+/m1/s1. The molecule has 4 rings (SSSR count). The van der Waals surface area contributed by atoms with Gasteiger partial charge in [-0.2, -0.15) is 4.98 Å². The van der Waals surface area contributed by atoms with Crippen LogP contribution in [0.1, 0.15) is 40.7 Å². The van der Waals surface area contributed by atoms with Gasteiger partial charge in [-0.25, -0.2) is 0 Å². The lowest BCUT2D eigenvalue weighted by molar-refractivity contribution is 0.0603. The van der Waals surface area contributed by atoms with Gasteiger partial charge in [-0.05, 0) is 30.9 Å². The van der Waals surface area contributed by atoms with E-state index in [0.29, 0.717) is 36.8 Å². The molecule has 0 saturated carbocycles. The first-order valence-corrected chi connectivity index (χ1v) is 10.1. The number of para-hydroxylation sites is 1. The number of hydrogen-bond acceptors (Lipinski definition) is 7. The van der Waals surface area contributed by atoms with Crippen LogP contribution in [0.5, 0.6) is 5.75 Å². The highest BCUT2D eigenvalue weighted by atomic mass is 16.5. The average Bonchev–Trinajstić information content (AvgIpc) is 3.51. The van der Waals surface area contributed by atoms with Gasteiger partial charge in [-0.1, -0.05) is 19.1 Å². The van der Waals surface area contributed by atoms with Gasteiger partial charge in [0.05, 0.1) is 12.7 Å². The summed E-state index contributed by atoms with van der Waals surface area (Å²) in [5.74, 6) is 0.732. The number of carbonyl (C=O) groups is 2. The molecule has 0 bridgehead atoms. The number of amides is 2. The van der Waals surface area contributed by atoms with Crippen molar-refractivity contribution in [3.8, 4) is 11.7 Å². The number of methoxy groups -OCH3 is 1. The van der Waals surface area contributed by atoms with E-state index in [1.54, 1.807) is 24.1 Å². The monoisotopic (exact) mass is 424 g/mol. The molecule has 162 valence electrons. The zero-order chi connectivity index (χ0) is 21.8. The second-order valence-corrected chi connectivity index (χ2v) is 7.34. The third kappa shape index (κ3) is 4.25. The van der Waals surface area contributed by atoms with E-state index in [2.05, 4.69) is 37.6 Å². The zero-order valence-electron chi connectivity index (χ0n) is 17.4. The van der Waals surface area contributed by atoms with Gasteiger partial charge in [0.15, 0.2) is 0 Å². The zero-order valence-corrected chi connectivity index (χ0v) is 17.4. The van der Waals surface area contributed by atoms with Crippen LogP contribution in [0, 0.1) is 5.92 Å². The molecule has 0 aliphatic carbocycles. The number of nitrogens with one attached hydrogen (secondary N) is 2. The van der Waals surface area contributed by atoms with Gasteiger partial charge in [-0.3, -0.25) is 19.3 Å². The number of carbonyl (C=O) groups excluding carboxylic acids is 2. The predicted molar refractivity (Wildman–Crippen MR) is 110 cm³/mol. The molecule has 0 spiro atoms. The fraction of sp³-hybridized carbons (Fsp3) is 0.400. The molecule has 3 heterocycles. The van der Waals surface area contributed by atoms with E-state index in [1.807, 2.05) is 12.1 Å². The minimum absolute atomic E-state index is 0.0335. The molecule has 2 amide bonds. The number of piperidine rings is 1. The normalized spacial score (nSPS) is 18.6. The van der Waals surface area contributed by atoms with Crippen molar-refractivity contribution in [2.24, 2.45) is 5.92 Å². The third-order valence-electron chi connectivity index (χ3n) is 5.54. The third-order valence-corrected chi connectivity index (χ3v) is 5.54. The topological polar surface area (TPSA) is 131 Å². The highest BCUT2D eigenvalue weighted by Crippen LogP contribution is 2.23. The summed E-state index contributed by atoms with van der Waals surface area (Å²) in [6.07, 6.45) is 4.39. The summed E-state index contributed by atoms with van der Waals surface area (Å²) in [5.41, 5.74) is 0.501. The van der Waals surface area contributed by atoms with Gasteiger partial charge >= 0.3 is 0 Å². The lowest BCUT2D eigenvalue weighted by atomic mass is 9.89. The molecule has 1 aliphatic heterocycles. The lowest BCUT2D eigenvalue weighted by Crippen LogP contribution is -2.52. The Morgan fingerprint density at radius 2 is 2.03 bits per heavy atom. The van der Waals surface area contributed by atoms with Crippen LogP contribution in [0.2, 0.25) is 0 Å². The van der Waals surface area contributed by atoms with Gasteiger partial charge in [0.1, 0.15) is 18.4 Å². The lowest BCUT2D eigenvalue weighted by Gasteiger charge is -2.38. The molecule has 1 aromatic carbocycles. The molecule has 2 N–H and O–H groups in total. The number of H-pyrrole nitrogens is 1. The minimum atomic E-state index is -0.222.